The molecule has 20 heavy (non-hydrogen) atoms. The van der Waals surface area contributed by atoms with Crippen molar-refractivity contribution in [2.45, 2.75) is 6.92 Å². The predicted molar refractivity (Wildman–Crippen MR) is 85.5 cm³/mol. The third kappa shape index (κ3) is 3.23. The van der Waals surface area contributed by atoms with Gasteiger partial charge in [0.15, 0.2) is 0 Å². The number of amides is 1. The van der Waals surface area contributed by atoms with Crippen molar-refractivity contribution in [2.75, 3.05) is 11.1 Å². The Kier molecular flexibility index (Phi) is 4.52. The van der Waals surface area contributed by atoms with Crippen LogP contribution in [0.5, 0.6) is 0 Å². The summed E-state index contributed by atoms with van der Waals surface area (Å²) in [6.45, 7) is 1.87. The average Bonchev–Trinajstić information content (AvgIpc) is 2.38. The van der Waals surface area contributed by atoms with Crippen LogP contribution in [0, 0.1) is 6.92 Å². The maximum atomic E-state index is 12.2. The fraction of sp³-hybridized carbons (Fsp3) is 0.0769. The Balaban J connectivity index is 2.32. The van der Waals surface area contributed by atoms with Crippen LogP contribution in [0.25, 0.3) is 0 Å². The molecule has 0 aliphatic heterocycles. The summed E-state index contributed by atoms with van der Waals surface area (Å²) in [5.41, 5.74) is 7.26. The molecule has 0 radical (unpaired) electrons. The number of anilines is 2. The van der Waals surface area contributed by atoms with Crippen LogP contribution in [0.4, 0.5) is 11.5 Å². The van der Waals surface area contributed by atoms with E-state index in [4.69, 9.17) is 28.9 Å². The number of aromatic nitrogens is 1. The highest BCUT2D eigenvalue weighted by Crippen LogP contribution is 2.30. The Morgan fingerprint density at radius 1 is 1.30 bits per heavy atom. The number of hydrogen-bond donors (Lipinski definition) is 2. The van der Waals surface area contributed by atoms with E-state index in [1.165, 1.54) is 12.3 Å². The zero-order valence-corrected chi connectivity index (χ0v) is 13.5. The van der Waals surface area contributed by atoms with Crippen LogP contribution in [0.1, 0.15) is 15.9 Å². The second-order valence-electron chi connectivity index (χ2n) is 4.12. The number of carbonyl (C=O) groups excluding carboxylic acids is 1. The minimum atomic E-state index is -0.385. The molecule has 4 nitrogen and oxygen atoms in total. The monoisotopic (exact) mass is 373 g/mol. The van der Waals surface area contributed by atoms with Crippen LogP contribution in [-0.2, 0) is 0 Å². The third-order valence-corrected chi connectivity index (χ3v) is 3.98. The first kappa shape index (κ1) is 15.1. The molecule has 2 aromatic rings. The summed E-state index contributed by atoms with van der Waals surface area (Å²) in [7, 11) is 0. The largest absolute Gasteiger partial charge is 0.384 e. The van der Waals surface area contributed by atoms with Gasteiger partial charge in [0.25, 0.3) is 5.91 Å². The lowest BCUT2D eigenvalue weighted by atomic mass is 10.2. The van der Waals surface area contributed by atoms with E-state index in [-0.39, 0.29) is 22.3 Å². The SMILES string of the molecule is Cc1cc(Br)c(NC(=O)c2cc(N)ncc2Cl)cc1Cl. The molecule has 0 aliphatic rings. The Hall–Kier alpha value is -1.30. The van der Waals surface area contributed by atoms with Crippen LogP contribution in [0.15, 0.2) is 28.9 Å². The van der Waals surface area contributed by atoms with Crippen molar-refractivity contribution in [3.8, 4) is 0 Å². The topological polar surface area (TPSA) is 68.0 Å². The van der Waals surface area contributed by atoms with Gasteiger partial charge < -0.3 is 11.1 Å². The number of hydrogen-bond acceptors (Lipinski definition) is 3. The number of nitrogens with two attached hydrogens (primary N) is 1. The number of halogens is 3. The minimum absolute atomic E-state index is 0.223. The number of carbonyl (C=O) groups is 1. The predicted octanol–water partition coefficient (Wildman–Crippen LogP) is 4.29. The van der Waals surface area contributed by atoms with E-state index in [2.05, 4.69) is 26.2 Å². The van der Waals surface area contributed by atoms with Gasteiger partial charge in [-0.3, -0.25) is 4.79 Å². The number of rotatable bonds is 2. The number of nitrogens with zero attached hydrogens (tertiary/aromatic N) is 1. The second-order valence-corrected chi connectivity index (χ2v) is 5.79. The Bertz CT molecular complexity index is 692. The second kappa shape index (κ2) is 5.99. The van der Waals surface area contributed by atoms with Gasteiger partial charge in [-0.2, -0.15) is 0 Å². The van der Waals surface area contributed by atoms with Gasteiger partial charge in [0.05, 0.1) is 16.3 Å². The fourth-order valence-corrected chi connectivity index (χ4v) is 2.47. The molecule has 0 spiro atoms. The first-order valence-corrected chi connectivity index (χ1v) is 7.11. The van der Waals surface area contributed by atoms with Crippen LogP contribution in [0.2, 0.25) is 10.0 Å². The average molecular weight is 375 g/mol. The summed E-state index contributed by atoms with van der Waals surface area (Å²) in [4.78, 5) is 16.0. The van der Waals surface area contributed by atoms with Gasteiger partial charge in [0, 0.05) is 15.7 Å². The molecule has 3 N–H and O–H groups in total. The number of pyridine rings is 1. The highest BCUT2D eigenvalue weighted by atomic mass is 79.9. The summed E-state index contributed by atoms with van der Waals surface area (Å²) in [6, 6.07) is 4.90. The number of nitrogen functional groups attached to an aromatic ring is 1. The highest BCUT2D eigenvalue weighted by molar-refractivity contribution is 9.10. The first-order chi connectivity index (χ1) is 9.38. The summed E-state index contributed by atoms with van der Waals surface area (Å²) in [6.07, 6.45) is 1.34. The fourth-order valence-electron chi connectivity index (χ4n) is 1.56. The molecule has 0 aliphatic carbocycles. The van der Waals surface area contributed by atoms with Crippen molar-refractivity contribution in [3.05, 3.63) is 50.0 Å². The van der Waals surface area contributed by atoms with Gasteiger partial charge in [0.1, 0.15) is 5.82 Å². The van der Waals surface area contributed by atoms with E-state index in [1.54, 1.807) is 6.07 Å². The lowest BCUT2D eigenvalue weighted by Crippen LogP contribution is -2.13. The van der Waals surface area contributed by atoms with Crippen LogP contribution < -0.4 is 11.1 Å². The first-order valence-electron chi connectivity index (χ1n) is 5.56. The Morgan fingerprint density at radius 3 is 2.70 bits per heavy atom. The van der Waals surface area contributed by atoms with Crippen molar-refractivity contribution in [3.63, 3.8) is 0 Å². The zero-order valence-electron chi connectivity index (χ0n) is 10.4. The Labute approximate surface area is 134 Å². The molecule has 1 amide bonds. The van der Waals surface area contributed by atoms with Crippen LogP contribution in [-0.4, -0.2) is 10.9 Å². The summed E-state index contributed by atoms with van der Waals surface area (Å²) >= 11 is 15.4. The molecule has 0 saturated heterocycles. The van der Waals surface area contributed by atoms with Gasteiger partial charge in [-0.15, -0.1) is 0 Å². The van der Waals surface area contributed by atoms with Crippen molar-refractivity contribution in [1.82, 2.24) is 4.98 Å². The summed E-state index contributed by atoms with van der Waals surface area (Å²) < 4.78 is 0.728. The molecule has 1 aromatic heterocycles. The molecule has 0 saturated carbocycles. The van der Waals surface area contributed by atoms with E-state index in [9.17, 15) is 4.79 Å². The van der Waals surface area contributed by atoms with E-state index in [0.717, 1.165) is 10.0 Å². The van der Waals surface area contributed by atoms with Gasteiger partial charge in [-0.05, 0) is 46.6 Å². The van der Waals surface area contributed by atoms with Crippen LogP contribution >= 0.6 is 39.1 Å². The third-order valence-electron chi connectivity index (χ3n) is 2.62. The molecule has 1 heterocycles. The molecular weight excluding hydrogens is 365 g/mol. The van der Waals surface area contributed by atoms with Crippen molar-refractivity contribution in [1.29, 1.82) is 0 Å². The maximum Gasteiger partial charge on any atom is 0.257 e. The number of nitrogens with one attached hydrogen (secondary N) is 1. The van der Waals surface area contributed by atoms with E-state index < -0.39 is 0 Å². The molecule has 2 rings (SSSR count). The zero-order chi connectivity index (χ0) is 14.9. The quantitative estimate of drug-likeness (QED) is 0.823. The standard InChI is InChI=1S/C13H10BrCl2N3O/c1-6-2-8(14)11(4-9(6)15)19-13(20)7-3-12(17)18-5-10(7)16/h2-5H,1H3,(H2,17,18)(H,19,20). The molecule has 0 bridgehead atoms. The van der Waals surface area contributed by atoms with E-state index in [1.807, 2.05) is 13.0 Å². The summed E-state index contributed by atoms with van der Waals surface area (Å²) in [5, 5.41) is 3.51. The maximum absolute atomic E-state index is 12.2. The lowest BCUT2D eigenvalue weighted by Gasteiger charge is -2.10. The highest BCUT2D eigenvalue weighted by Gasteiger charge is 2.14. The van der Waals surface area contributed by atoms with Gasteiger partial charge in [0.2, 0.25) is 0 Å². The smallest absolute Gasteiger partial charge is 0.257 e. The molecular formula is C13H10BrCl2N3O. The molecule has 7 heteroatoms. The molecule has 1 aromatic carbocycles. The molecule has 0 atom stereocenters. The number of benzene rings is 1. The van der Waals surface area contributed by atoms with Crippen LogP contribution in [0.3, 0.4) is 0 Å². The van der Waals surface area contributed by atoms with Crippen molar-refractivity contribution in [2.24, 2.45) is 0 Å². The minimum Gasteiger partial charge on any atom is -0.384 e. The van der Waals surface area contributed by atoms with Gasteiger partial charge in [-0.25, -0.2) is 4.98 Å². The number of aryl methyl sites for hydroxylation is 1. The van der Waals surface area contributed by atoms with E-state index in [0.29, 0.717) is 10.7 Å². The van der Waals surface area contributed by atoms with Gasteiger partial charge >= 0.3 is 0 Å². The molecule has 0 unspecified atom stereocenters. The van der Waals surface area contributed by atoms with Gasteiger partial charge in [-0.1, -0.05) is 23.2 Å². The lowest BCUT2D eigenvalue weighted by molar-refractivity contribution is 0.102. The van der Waals surface area contributed by atoms with Crippen molar-refractivity contribution >= 4 is 56.5 Å². The molecule has 0 fully saturated rings. The van der Waals surface area contributed by atoms with Crippen molar-refractivity contribution < 1.29 is 4.79 Å². The normalized spacial score (nSPS) is 10.4. The summed E-state index contributed by atoms with van der Waals surface area (Å²) in [5.74, 6) is -0.162. The van der Waals surface area contributed by atoms with E-state index >= 15 is 0 Å². The molecule has 104 valence electrons. The Morgan fingerprint density at radius 2 is 2.00 bits per heavy atom.